The van der Waals surface area contributed by atoms with Gasteiger partial charge >= 0.3 is 0 Å². The molecule has 47 heavy (non-hydrogen) atoms. The van der Waals surface area contributed by atoms with Crippen molar-refractivity contribution in [1.82, 2.24) is 15.3 Å². The Bertz CT molecular complexity index is 1850. The van der Waals surface area contributed by atoms with Gasteiger partial charge in [-0.2, -0.15) is 0 Å². The van der Waals surface area contributed by atoms with Gasteiger partial charge in [0.2, 0.25) is 5.91 Å². The molecule has 2 atom stereocenters. The van der Waals surface area contributed by atoms with Crippen molar-refractivity contribution in [3.05, 3.63) is 83.4 Å². The minimum absolute atomic E-state index is 0.000533. The third-order valence-electron chi connectivity index (χ3n) is 8.13. The molecule has 11 nitrogen and oxygen atoms in total. The minimum atomic E-state index is -1.66. The number of rotatable bonds is 12. The number of benzene rings is 2. The van der Waals surface area contributed by atoms with Crippen LogP contribution in [0.25, 0.3) is 22.2 Å². The number of hydrogen-bond acceptors (Lipinski definition) is 9. The number of pyridine rings is 2. The van der Waals surface area contributed by atoms with Gasteiger partial charge in [-0.3, -0.25) is 19.4 Å². The summed E-state index contributed by atoms with van der Waals surface area (Å²) in [5.41, 5.74) is 3.44. The second kappa shape index (κ2) is 12.7. The van der Waals surface area contributed by atoms with Gasteiger partial charge in [-0.05, 0) is 82.6 Å². The van der Waals surface area contributed by atoms with E-state index in [9.17, 15) is 29.0 Å². The molecule has 0 unspecified atom stereocenters. The lowest BCUT2D eigenvalue weighted by atomic mass is 9.81. The van der Waals surface area contributed by atoms with E-state index < -0.39 is 40.9 Å². The van der Waals surface area contributed by atoms with Crippen molar-refractivity contribution in [3.63, 3.8) is 0 Å². The number of aromatic nitrogens is 2. The molecule has 1 aliphatic rings. The number of hydrogen-bond donors (Lipinski definition) is 4. The van der Waals surface area contributed by atoms with Crippen molar-refractivity contribution >= 4 is 28.5 Å². The molecular weight excluding hydrogens is 607 g/mol. The summed E-state index contributed by atoms with van der Waals surface area (Å²) in [6.45, 7) is 5.95. The van der Waals surface area contributed by atoms with Gasteiger partial charge in [0.25, 0.3) is 5.91 Å². The average molecular weight is 645 g/mol. The highest BCUT2D eigenvalue weighted by Crippen LogP contribution is 2.46. The lowest BCUT2D eigenvalue weighted by Gasteiger charge is -2.27. The molecule has 0 aliphatic carbocycles. The zero-order chi connectivity index (χ0) is 34.1. The molecule has 1 aliphatic heterocycles. The van der Waals surface area contributed by atoms with Gasteiger partial charge in [0, 0.05) is 41.2 Å². The van der Waals surface area contributed by atoms with Gasteiger partial charge in [0.15, 0.2) is 12.4 Å². The average Bonchev–Trinajstić information content (AvgIpc) is 3.38. The first kappa shape index (κ1) is 33.4. The number of aliphatic hydroxyl groups is 2. The van der Waals surface area contributed by atoms with E-state index in [4.69, 9.17) is 20.2 Å². The first-order valence-corrected chi connectivity index (χ1v) is 15.1. The zero-order valence-electron chi connectivity index (χ0n) is 26.6. The molecule has 0 radical (unpaired) electrons. The van der Waals surface area contributed by atoms with Crippen LogP contribution >= 0.6 is 0 Å². The molecule has 2 aromatic heterocycles. The molecule has 0 fully saturated rings. The Balaban J connectivity index is 1.48. The topological polar surface area (TPSA) is 174 Å². The standard InChI is InChI=1S/C35H37FN4O7/c1-33(2,44)18-39-32(43)34(3)19-47-31-24(34)16-27(40-30(31)20-7-9-23(36)10-8-20)35(4,45)12-11-25(41)22-14-21-6-5-13-38-29(21)26(15-22)46-17-28(37)42/h5-10,13-16,44-45H,11-12,17-19H2,1-4H3,(H2,37,42)(H,39,43)/t34-,35-/m0/s1. The first-order chi connectivity index (χ1) is 22.1. The van der Waals surface area contributed by atoms with Crippen LogP contribution in [0.4, 0.5) is 4.39 Å². The van der Waals surface area contributed by atoms with Gasteiger partial charge in [0.05, 0.1) is 11.3 Å². The number of nitrogens with zero attached hydrogens (tertiary/aromatic N) is 2. The van der Waals surface area contributed by atoms with Crippen LogP contribution in [-0.4, -0.2) is 63.1 Å². The third-order valence-corrected chi connectivity index (χ3v) is 8.13. The quantitative estimate of drug-likeness (QED) is 0.168. The van der Waals surface area contributed by atoms with Crippen LogP contribution < -0.4 is 20.5 Å². The third kappa shape index (κ3) is 7.23. The van der Waals surface area contributed by atoms with Crippen molar-refractivity contribution < 1.29 is 38.5 Å². The predicted octanol–water partition coefficient (Wildman–Crippen LogP) is 3.71. The number of fused-ring (bicyclic) bond motifs is 2. The Morgan fingerprint density at radius 3 is 2.51 bits per heavy atom. The minimum Gasteiger partial charge on any atom is -0.489 e. The van der Waals surface area contributed by atoms with E-state index in [2.05, 4.69) is 10.3 Å². The Morgan fingerprint density at radius 1 is 1.11 bits per heavy atom. The summed E-state index contributed by atoms with van der Waals surface area (Å²) < 4.78 is 25.4. The highest BCUT2D eigenvalue weighted by molar-refractivity contribution is 6.01. The van der Waals surface area contributed by atoms with E-state index in [0.717, 1.165) is 0 Å². The van der Waals surface area contributed by atoms with E-state index in [1.54, 1.807) is 51.2 Å². The van der Waals surface area contributed by atoms with Crippen LogP contribution in [0.1, 0.15) is 62.2 Å². The number of carbonyl (C=O) groups is 3. The summed E-state index contributed by atoms with van der Waals surface area (Å²) in [7, 11) is 0. The molecule has 5 rings (SSSR count). The van der Waals surface area contributed by atoms with Crippen LogP contribution in [0.2, 0.25) is 0 Å². The number of Topliss-reactive ketones (excluding diaryl/α,β-unsaturated/α-hetero) is 1. The summed E-state index contributed by atoms with van der Waals surface area (Å²) in [5, 5.41) is 25.4. The van der Waals surface area contributed by atoms with Crippen molar-refractivity contribution in [1.29, 1.82) is 0 Å². The van der Waals surface area contributed by atoms with Crippen molar-refractivity contribution in [2.24, 2.45) is 5.73 Å². The number of carbonyl (C=O) groups excluding carboxylic acids is 3. The second-order valence-corrected chi connectivity index (χ2v) is 12.9. The fourth-order valence-corrected chi connectivity index (χ4v) is 5.35. The smallest absolute Gasteiger partial charge is 0.255 e. The monoisotopic (exact) mass is 644 g/mol. The van der Waals surface area contributed by atoms with Crippen molar-refractivity contribution in [3.8, 4) is 22.8 Å². The molecule has 5 N–H and O–H groups in total. The van der Waals surface area contributed by atoms with Crippen molar-refractivity contribution in [2.75, 3.05) is 19.8 Å². The number of amides is 2. The Morgan fingerprint density at radius 2 is 1.83 bits per heavy atom. The summed E-state index contributed by atoms with van der Waals surface area (Å²) in [4.78, 5) is 47.3. The molecular formula is C35H37FN4O7. The number of nitrogens with one attached hydrogen (secondary N) is 1. The number of primary amides is 1. The predicted molar refractivity (Wildman–Crippen MR) is 171 cm³/mol. The van der Waals surface area contributed by atoms with E-state index in [1.807, 2.05) is 0 Å². The highest BCUT2D eigenvalue weighted by atomic mass is 19.1. The molecule has 4 aromatic rings. The SMILES string of the molecule is CC(C)(O)CNC(=O)[C@@]1(C)COc2c1cc([C@@](C)(O)CCC(=O)c1cc(OCC(N)=O)c3ncccc3c1)nc2-c1ccc(F)cc1. The largest absolute Gasteiger partial charge is 0.489 e. The van der Waals surface area contributed by atoms with Crippen LogP contribution in [-0.2, 0) is 20.6 Å². The van der Waals surface area contributed by atoms with E-state index in [1.165, 1.54) is 37.3 Å². The van der Waals surface area contributed by atoms with Crippen LogP contribution in [0, 0.1) is 5.82 Å². The van der Waals surface area contributed by atoms with Gasteiger partial charge in [-0.1, -0.05) is 6.07 Å². The number of nitrogens with two attached hydrogens (primary N) is 1. The maximum absolute atomic E-state index is 13.8. The Hall–Kier alpha value is -4.94. The number of halogens is 1. The molecule has 3 heterocycles. The maximum Gasteiger partial charge on any atom is 0.255 e. The summed E-state index contributed by atoms with van der Waals surface area (Å²) in [5.74, 6) is -1.28. The Labute approximate surface area is 270 Å². The van der Waals surface area contributed by atoms with E-state index in [0.29, 0.717) is 39.0 Å². The van der Waals surface area contributed by atoms with Crippen LogP contribution in [0.3, 0.4) is 0 Å². The molecule has 0 saturated carbocycles. The molecule has 0 spiro atoms. The van der Waals surface area contributed by atoms with E-state index in [-0.39, 0.29) is 43.2 Å². The lowest BCUT2D eigenvalue weighted by Crippen LogP contribution is -2.48. The summed E-state index contributed by atoms with van der Waals surface area (Å²) >= 11 is 0. The molecule has 12 heteroatoms. The first-order valence-electron chi connectivity index (χ1n) is 15.1. The maximum atomic E-state index is 13.8. The zero-order valence-corrected chi connectivity index (χ0v) is 26.6. The van der Waals surface area contributed by atoms with Gasteiger partial charge < -0.3 is 30.7 Å². The number of ketones is 1. The second-order valence-electron chi connectivity index (χ2n) is 12.9. The molecule has 0 saturated heterocycles. The fourth-order valence-electron chi connectivity index (χ4n) is 5.35. The van der Waals surface area contributed by atoms with Gasteiger partial charge in [-0.15, -0.1) is 0 Å². The molecule has 0 bridgehead atoms. The summed E-state index contributed by atoms with van der Waals surface area (Å²) in [6, 6.07) is 13.8. The molecule has 2 amide bonds. The normalized spacial score (nSPS) is 17.0. The fraction of sp³-hybridized carbons (Fsp3) is 0.343. The Kier molecular flexibility index (Phi) is 9.02. The molecule has 246 valence electrons. The van der Waals surface area contributed by atoms with Crippen molar-refractivity contribution in [2.45, 2.75) is 57.2 Å². The van der Waals surface area contributed by atoms with Crippen LogP contribution in [0.5, 0.6) is 11.5 Å². The highest BCUT2D eigenvalue weighted by Gasteiger charge is 2.46. The van der Waals surface area contributed by atoms with Gasteiger partial charge in [-0.25, -0.2) is 9.37 Å². The van der Waals surface area contributed by atoms with E-state index >= 15 is 0 Å². The van der Waals surface area contributed by atoms with Crippen LogP contribution in [0.15, 0.2) is 60.8 Å². The lowest BCUT2D eigenvalue weighted by molar-refractivity contribution is -0.127. The van der Waals surface area contributed by atoms with Gasteiger partial charge in [0.1, 0.15) is 46.1 Å². The molecule has 2 aromatic carbocycles. The summed E-state index contributed by atoms with van der Waals surface area (Å²) in [6.07, 6.45) is 1.42. The number of ether oxygens (including phenoxy) is 2.